The Morgan fingerprint density at radius 2 is 2.00 bits per heavy atom. The maximum absolute atomic E-state index is 12.3. The zero-order chi connectivity index (χ0) is 20.9. The van der Waals surface area contributed by atoms with Crippen LogP contribution in [0, 0.1) is 0 Å². The van der Waals surface area contributed by atoms with Crippen LogP contribution in [0.3, 0.4) is 0 Å². The van der Waals surface area contributed by atoms with Crippen molar-refractivity contribution in [2.24, 2.45) is 0 Å². The van der Waals surface area contributed by atoms with Gasteiger partial charge in [0.2, 0.25) is 11.8 Å². The normalized spacial score (nSPS) is 22.6. The van der Waals surface area contributed by atoms with Crippen LogP contribution in [0.25, 0.3) is 11.1 Å². The van der Waals surface area contributed by atoms with Gasteiger partial charge in [-0.1, -0.05) is 29.8 Å². The zero-order valence-corrected chi connectivity index (χ0v) is 16.9. The number of pyridine rings is 1. The molecular formula is C22H20ClN3O4. The average molecular weight is 426 g/mol. The third-order valence-corrected chi connectivity index (χ3v) is 6.76. The Balaban J connectivity index is 1.45. The van der Waals surface area contributed by atoms with Gasteiger partial charge in [0.25, 0.3) is 0 Å². The van der Waals surface area contributed by atoms with Gasteiger partial charge >= 0.3 is 6.09 Å². The van der Waals surface area contributed by atoms with Gasteiger partial charge < -0.3 is 4.74 Å². The number of rotatable bonds is 3. The van der Waals surface area contributed by atoms with Crippen LogP contribution in [-0.4, -0.2) is 35.0 Å². The molecular weight excluding hydrogens is 406 g/mol. The molecule has 1 N–H and O–H groups in total. The second-order valence-corrected chi connectivity index (χ2v) is 8.46. The van der Waals surface area contributed by atoms with Crippen molar-refractivity contribution in [1.29, 1.82) is 0 Å². The number of amides is 3. The first-order chi connectivity index (χ1) is 14.5. The van der Waals surface area contributed by atoms with Crippen LogP contribution in [0.4, 0.5) is 10.6 Å². The summed E-state index contributed by atoms with van der Waals surface area (Å²) in [5, 5.41) is 2.85. The summed E-state index contributed by atoms with van der Waals surface area (Å²) in [6.45, 7) is 0.412. The summed E-state index contributed by atoms with van der Waals surface area (Å²) in [6.07, 6.45) is 4.97. The Morgan fingerprint density at radius 1 is 1.17 bits per heavy atom. The highest BCUT2D eigenvalue weighted by Crippen LogP contribution is 2.44. The summed E-state index contributed by atoms with van der Waals surface area (Å²) in [5.41, 5.74) is 1.97. The molecule has 1 unspecified atom stereocenters. The summed E-state index contributed by atoms with van der Waals surface area (Å²) in [6, 6.07) is 9.20. The molecule has 8 heteroatoms. The maximum Gasteiger partial charge on any atom is 0.416 e. The second kappa shape index (κ2) is 7.09. The van der Waals surface area contributed by atoms with Crippen LogP contribution in [0.15, 0.2) is 36.5 Å². The van der Waals surface area contributed by atoms with Crippen molar-refractivity contribution in [3.63, 3.8) is 0 Å². The summed E-state index contributed by atoms with van der Waals surface area (Å²) in [4.78, 5) is 42.1. The molecule has 154 valence electrons. The minimum atomic E-state index is -0.458. The largest absolute Gasteiger partial charge is 0.447 e. The number of carbonyl (C=O) groups excluding carboxylic acids is 3. The number of piperidine rings is 1. The Kier molecular flexibility index (Phi) is 4.50. The van der Waals surface area contributed by atoms with Crippen molar-refractivity contribution in [3.8, 4) is 11.1 Å². The fourth-order valence-electron chi connectivity index (χ4n) is 4.52. The SMILES string of the molecule is O=C1CCC(c2cccc(-c3ccc(N4C(=O)OCC45CCC5)nc3)c2Cl)C(=O)N1. The fourth-order valence-corrected chi connectivity index (χ4v) is 4.88. The molecule has 1 aliphatic carbocycles. The third-order valence-electron chi connectivity index (χ3n) is 6.34. The number of cyclic esters (lactones) is 1. The van der Waals surface area contributed by atoms with E-state index >= 15 is 0 Å². The van der Waals surface area contributed by atoms with Crippen molar-refractivity contribution in [1.82, 2.24) is 10.3 Å². The molecule has 1 aromatic heterocycles. The third kappa shape index (κ3) is 2.96. The summed E-state index contributed by atoms with van der Waals surface area (Å²) in [5.74, 6) is -0.469. The number of aromatic nitrogens is 1. The van der Waals surface area contributed by atoms with Crippen LogP contribution >= 0.6 is 11.6 Å². The van der Waals surface area contributed by atoms with Crippen LogP contribution < -0.4 is 10.2 Å². The first kappa shape index (κ1) is 19.1. The van der Waals surface area contributed by atoms with Gasteiger partial charge in [0, 0.05) is 23.7 Å². The van der Waals surface area contributed by atoms with Gasteiger partial charge in [-0.05, 0) is 43.4 Å². The van der Waals surface area contributed by atoms with E-state index in [9.17, 15) is 14.4 Å². The van der Waals surface area contributed by atoms with Crippen molar-refractivity contribution in [2.75, 3.05) is 11.5 Å². The van der Waals surface area contributed by atoms with Crippen LogP contribution in [0.5, 0.6) is 0 Å². The van der Waals surface area contributed by atoms with Crippen molar-refractivity contribution in [2.45, 2.75) is 43.6 Å². The minimum Gasteiger partial charge on any atom is -0.447 e. The van der Waals surface area contributed by atoms with E-state index < -0.39 is 5.92 Å². The van der Waals surface area contributed by atoms with Crippen molar-refractivity contribution < 1.29 is 19.1 Å². The molecule has 1 saturated carbocycles. The smallest absolute Gasteiger partial charge is 0.416 e. The number of benzene rings is 1. The van der Waals surface area contributed by atoms with E-state index in [1.807, 2.05) is 24.3 Å². The summed E-state index contributed by atoms with van der Waals surface area (Å²) in [7, 11) is 0. The Morgan fingerprint density at radius 3 is 2.67 bits per heavy atom. The standard InChI is InChI=1S/C22H20ClN3O4/c23-19-14(3-1-4-15(19)16-6-8-18(27)25-20(16)28)13-5-7-17(24-11-13)26-21(29)30-12-22(26)9-2-10-22/h1,3-5,7,11,16H,2,6,8-10,12H2,(H,25,27,28). The van der Waals surface area contributed by atoms with E-state index in [-0.39, 0.29) is 23.4 Å². The molecule has 1 aromatic carbocycles. The zero-order valence-electron chi connectivity index (χ0n) is 16.2. The van der Waals surface area contributed by atoms with Gasteiger partial charge in [0.05, 0.1) is 16.5 Å². The van der Waals surface area contributed by atoms with Crippen LogP contribution in [0.2, 0.25) is 5.02 Å². The first-order valence-corrected chi connectivity index (χ1v) is 10.4. The fraction of sp³-hybridized carbons (Fsp3) is 0.364. The van der Waals surface area contributed by atoms with Crippen LogP contribution in [-0.2, 0) is 14.3 Å². The topological polar surface area (TPSA) is 88.6 Å². The summed E-state index contributed by atoms with van der Waals surface area (Å²) >= 11 is 6.67. The molecule has 3 heterocycles. The maximum atomic E-state index is 12.3. The van der Waals surface area contributed by atoms with Gasteiger partial charge in [-0.3, -0.25) is 19.8 Å². The lowest BCUT2D eigenvalue weighted by atomic mass is 9.76. The van der Waals surface area contributed by atoms with E-state index in [0.717, 1.165) is 30.4 Å². The highest BCUT2D eigenvalue weighted by molar-refractivity contribution is 6.34. The molecule has 0 bridgehead atoms. The number of hydrogen-bond donors (Lipinski definition) is 1. The van der Waals surface area contributed by atoms with Crippen LogP contribution in [0.1, 0.15) is 43.6 Å². The quantitative estimate of drug-likeness (QED) is 0.755. The first-order valence-electron chi connectivity index (χ1n) is 10.0. The van der Waals surface area contributed by atoms with Crippen molar-refractivity contribution in [3.05, 3.63) is 47.1 Å². The lowest BCUT2D eigenvalue weighted by Crippen LogP contribution is -2.53. The predicted molar refractivity (Wildman–Crippen MR) is 110 cm³/mol. The molecule has 7 nitrogen and oxygen atoms in total. The number of imide groups is 1. The molecule has 2 aliphatic heterocycles. The molecule has 30 heavy (non-hydrogen) atoms. The minimum absolute atomic E-state index is 0.255. The van der Waals surface area contributed by atoms with E-state index in [2.05, 4.69) is 10.3 Å². The van der Waals surface area contributed by atoms with Gasteiger partial charge in [0.15, 0.2) is 0 Å². The summed E-state index contributed by atoms with van der Waals surface area (Å²) < 4.78 is 5.28. The number of ether oxygens (including phenoxy) is 1. The predicted octanol–water partition coefficient (Wildman–Crippen LogP) is 3.80. The molecule has 2 saturated heterocycles. The molecule has 2 aromatic rings. The molecule has 1 spiro atoms. The molecule has 3 amide bonds. The van der Waals surface area contributed by atoms with Crippen molar-refractivity contribution >= 4 is 35.3 Å². The highest BCUT2D eigenvalue weighted by atomic mass is 35.5. The number of hydrogen-bond acceptors (Lipinski definition) is 5. The number of halogens is 1. The molecule has 3 aliphatic rings. The van der Waals surface area contributed by atoms with Gasteiger partial charge in [-0.15, -0.1) is 0 Å². The van der Waals surface area contributed by atoms with E-state index in [1.54, 1.807) is 17.2 Å². The van der Waals surface area contributed by atoms with Gasteiger partial charge in [0.1, 0.15) is 12.4 Å². The highest BCUT2D eigenvalue weighted by Gasteiger charge is 2.52. The monoisotopic (exact) mass is 425 g/mol. The average Bonchev–Trinajstić information content (AvgIpc) is 3.07. The van der Waals surface area contributed by atoms with E-state index in [4.69, 9.17) is 16.3 Å². The number of anilines is 1. The molecule has 0 radical (unpaired) electrons. The Bertz CT molecular complexity index is 1050. The molecule has 5 rings (SSSR count). The Hall–Kier alpha value is -2.93. The number of nitrogens with one attached hydrogen (secondary N) is 1. The molecule has 3 fully saturated rings. The lowest BCUT2D eigenvalue weighted by molar-refractivity contribution is -0.134. The lowest BCUT2D eigenvalue weighted by Gasteiger charge is -2.41. The van der Waals surface area contributed by atoms with E-state index in [1.165, 1.54) is 0 Å². The number of carbonyl (C=O) groups is 3. The Labute approximate surface area is 178 Å². The second-order valence-electron chi connectivity index (χ2n) is 8.09. The molecule has 1 atom stereocenters. The van der Waals surface area contributed by atoms with E-state index in [0.29, 0.717) is 35.9 Å². The van der Waals surface area contributed by atoms with Gasteiger partial charge in [-0.25, -0.2) is 9.78 Å². The van der Waals surface area contributed by atoms with Gasteiger partial charge in [-0.2, -0.15) is 0 Å². The number of nitrogens with zero attached hydrogens (tertiary/aromatic N) is 2.